The molecular weight excluding hydrogens is 236 g/mol. The van der Waals surface area contributed by atoms with Crippen molar-refractivity contribution in [2.24, 2.45) is 0 Å². The second kappa shape index (κ2) is 5.80. The minimum atomic E-state index is 0.739. The molecule has 4 heteroatoms. The van der Waals surface area contributed by atoms with E-state index in [1.165, 1.54) is 9.75 Å². The first-order valence-electron chi connectivity index (χ1n) is 4.99. The van der Waals surface area contributed by atoms with Gasteiger partial charge in [-0.1, -0.05) is 12.0 Å². The minimum Gasteiger partial charge on any atom is -0.301 e. The van der Waals surface area contributed by atoms with Gasteiger partial charge in [0.05, 0.1) is 11.4 Å². The summed E-state index contributed by atoms with van der Waals surface area (Å²) in [5.74, 6) is 5.84. The van der Waals surface area contributed by atoms with Gasteiger partial charge in [0.1, 0.15) is 5.01 Å². The summed E-state index contributed by atoms with van der Waals surface area (Å²) in [6.45, 7) is 3.43. The van der Waals surface area contributed by atoms with Crippen LogP contribution in [-0.4, -0.2) is 11.5 Å². The maximum atomic E-state index is 4.41. The summed E-state index contributed by atoms with van der Waals surface area (Å²) in [6.07, 6.45) is 1.94. The molecule has 2 nitrogen and oxygen atoms in total. The second-order valence-electron chi connectivity index (χ2n) is 3.14. The molecule has 2 heterocycles. The van der Waals surface area contributed by atoms with E-state index >= 15 is 0 Å². The summed E-state index contributed by atoms with van der Waals surface area (Å²) in [6, 6.07) is 4.15. The van der Waals surface area contributed by atoms with Crippen LogP contribution in [0.3, 0.4) is 0 Å². The fourth-order valence-corrected chi connectivity index (χ4v) is 2.93. The number of hydrogen-bond acceptors (Lipinski definition) is 4. The van der Waals surface area contributed by atoms with Gasteiger partial charge < -0.3 is 5.32 Å². The van der Waals surface area contributed by atoms with Crippen molar-refractivity contribution >= 4 is 22.7 Å². The van der Waals surface area contributed by atoms with Gasteiger partial charge in [0, 0.05) is 17.6 Å². The van der Waals surface area contributed by atoms with Crippen LogP contribution in [-0.2, 0) is 6.54 Å². The molecule has 2 aromatic heterocycles. The molecule has 0 aliphatic heterocycles. The molecule has 0 bridgehead atoms. The van der Waals surface area contributed by atoms with Gasteiger partial charge in [0.15, 0.2) is 0 Å². The third-order valence-electron chi connectivity index (χ3n) is 1.97. The molecule has 0 atom stereocenters. The van der Waals surface area contributed by atoms with E-state index in [9.17, 15) is 0 Å². The Morgan fingerprint density at radius 3 is 3.19 bits per heavy atom. The van der Waals surface area contributed by atoms with Crippen LogP contribution >= 0.6 is 22.7 Å². The van der Waals surface area contributed by atoms with E-state index in [1.807, 2.05) is 13.1 Å². The van der Waals surface area contributed by atoms with E-state index in [0.717, 1.165) is 18.1 Å². The highest BCUT2D eigenvalue weighted by atomic mass is 32.1. The smallest absolute Gasteiger partial charge is 0.133 e. The number of thiazole rings is 1. The number of nitrogens with one attached hydrogen (secondary N) is 1. The Bertz CT molecular complexity index is 489. The summed E-state index contributed by atoms with van der Waals surface area (Å²) < 4.78 is 0. The van der Waals surface area contributed by atoms with Gasteiger partial charge in [0.2, 0.25) is 0 Å². The van der Waals surface area contributed by atoms with Crippen LogP contribution in [0.5, 0.6) is 0 Å². The normalized spacial score (nSPS) is 9.81. The highest BCUT2D eigenvalue weighted by Crippen LogP contribution is 2.28. The van der Waals surface area contributed by atoms with E-state index in [-0.39, 0.29) is 0 Å². The van der Waals surface area contributed by atoms with E-state index < -0.39 is 0 Å². The molecule has 1 N–H and O–H groups in total. The molecule has 0 spiro atoms. The van der Waals surface area contributed by atoms with Crippen molar-refractivity contribution in [1.82, 2.24) is 10.3 Å². The third-order valence-corrected chi connectivity index (χ3v) is 4.01. The molecule has 0 radical (unpaired) electrons. The highest BCUT2D eigenvalue weighted by Gasteiger charge is 2.04. The SMILES string of the molecule is CC#CCNCc1cnc(-c2cccs2)s1. The van der Waals surface area contributed by atoms with Crippen molar-refractivity contribution in [3.05, 3.63) is 28.6 Å². The van der Waals surface area contributed by atoms with Crippen molar-refractivity contribution in [2.45, 2.75) is 13.5 Å². The standard InChI is InChI=1S/C12H12N2S2/c1-2-3-6-13-8-10-9-14-12(16-10)11-5-4-7-15-11/h4-5,7,9,13H,6,8H2,1H3. The number of thiophene rings is 1. The van der Waals surface area contributed by atoms with Gasteiger partial charge in [0.25, 0.3) is 0 Å². The molecule has 82 valence electrons. The lowest BCUT2D eigenvalue weighted by molar-refractivity contribution is 0.779. The monoisotopic (exact) mass is 248 g/mol. The lowest BCUT2D eigenvalue weighted by Gasteiger charge is -1.94. The average molecular weight is 248 g/mol. The van der Waals surface area contributed by atoms with Crippen molar-refractivity contribution in [3.8, 4) is 21.7 Å². The quantitative estimate of drug-likeness (QED) is 0.664. The van der Waals surface area contributed by atoms with Crippen LogP contribution < -0.4 is 5.32 Å². The molecule has 0 aliphatic carbocycles. The number of aromatic nitrogens is 1. The molecule has 0 fully saturated rings. The van der Waals surface area contributed by atoms with E-state index in [0.29, 0.717) is 0 Å². The molecule has 0 aromatic carbocycles. The molecule has 2 aromatic rings. The molecule has 0 saturated heterocycles. The number of rotatable bonds is 4. The van der Waals surface area contributed by atoms with Crippen molar-refractivity contribution < 1.29 is 0 Å². The maximum Gasteiger partial charge on any atom is 0.133 e. The Hall–Kier alpha value is -1.15. The minimum absolute atomic E-state index is 0.739. The zero-order valence-electron chi connectivity index (χ0n) is 8.99. The summed E-state index contributed by atoms with van der Waals surface area (Å²) >= 11 is 3.46. The Morgan fingerprint density at radius 2 is 2.44 bits per heavy atom. The van der Waals surface area contributed by atoms with Crippen LogP contribution in [0.25, 0.3) is 9.88 Å². The van der Waals surface area contributed by atoms with Gasteiger partial charge >= 0.3 is 0 Å². The topological polar surface area (TPSA) is 24.9 Å². The van der Waals surface area contributed by atoms with Crippen LogP contribution in [0.1, 0.15) is 11.8 Å². The second-order valence-corrected chi connectivity index (χ2v) is 5.20. The molecule has 16 heavy (non-hydrogen) atoms. The Morgan fingerprint density at radius 1 is 1.50 bits per heavy atom. The van der Waals surface area contributed by atoms with Crippen LogP contribution in [0.4, 0.5) is 0 Å². The van der Waals surface area contributed by atoms with E-state index in [4.69, 9.17) is 0 Å². The summed E-state index contributed by atoms with van der Waals surface area (Å²) in [7, 11) is 0. The predicted molar refractivity (Wildman–Crippen MR) is 70.6 cm³/mol. The largest absolute Gasteiger partial charge is 0.301 e. The van der Waals surface area contributed by atoms with E-state index in [2.05, 4.69) is 39.7 Å². The molecule has 0 saturated carbocycles. The lowest BCUT2D eigenvalue weighted by Crippen LogP contribution is -2.11. The predicted octanol–water partition coefficient (Wildman–Crippen LogP) is 2.98. The Labute approximate surface area is 103 Å². The van der Waals surface area contributed by atoms with Crippen molar-refractivity contribution in [3.63, 3.8) is 0 Å². The van der Waals surface area contributed by atoms with Crippen molar-refractivity contribution in [2.75, 3.05) is 6.54 Å². The van der Waals surface area contributed by atoms with E-state index in [1.54, 1.807) is 22.7 Å². The zero-order chi connectivity index (χ0) is 11.2. The fraction of sp³-hybridized carbons (Fsp3) is 0.250. The van der Waals surface area contributed by atoms with Gasteiger partial charge in [-0.3, -0.25) is 0 Å². The van der Waals surface area contributed by atoms with Crippen LogP contribution in [0.2, 0.25) is 0 Å². The number of nitrogens with zero attached hydrogens (tertiary/aromatic N) is 1. The number of hydrogen-bond donors (Lipinski definition) is 1. The maximum absolute atomic E-state index is 4.41. The van der Waals surface area contributed by atoms with Gasteiger partial charge in [-0.15, -0.1) is 28.6 Å². The molecule has 0 amide bonds. The highest BCUT2D eigenvalue weighted by molar-refractivity contribution is 7.20. The molecule has 2 rings (SSSR count). The lowest BCUT2D eigenvalue weighted by atomic mass is 10.5. The summed E-state index contributed by atoms with van der Waals surface area (Å²) in [5, 5.41) is 6.44. The van der Waals surface area contributed by atoms with Crippen LogP contribution in [0, 0.1) is 11.8 Å². The Balaban J connectivity index is 1.94. The van der Waals surface area contributed by atoms with Gasteiger partial charge in [-0.25, -0.2) is 4.98 Å². The first-order valence-corrected chi connectivity index (χ1v) is 6.68. The first kappa shape index (κ1) is 11.3. The molecule has 0 aliphatic rings. The molecular formula is C12H12N2S2. The van der Waals surface area contributed by atoms with Gasteiger partial charge in [-0.2, -0.15) is 0 Å². The average Bonchev–Trinajstić information content (AvgIpc) is 2.94. The third kappa shape index (κ3) is 2.92. The van der Waals surface area contributed by atoms with Gasteiger partial charge in [-0.05, 0) is 18.4 Å². The zero-order valence-corrected chi connectivity index (χ0v) is 10.6. The summed E-state index contributed by atoms with van der Waals surface area (Å²) in [4.78, 5) is 6.90. The first-order chi connectivity index (χ1) is 7.90. The molecule has 0 unspecified atom stereocenters. The Kier molecular flexibility index (Phi) is 4.11. The van der Waals surface area contributed by atoms with Crippen molar-refractivity contribution in [1.29, 1.82) is 0 Å². The summed E-state index contributed by atoms with van der Waals surface area (Å²) in [5.41, 5.74) is 0. The van der Waals surface area contributed by atoms with Crippen LogP contribution in [0.15, 0.2) is 23.7 Å². The fourth-order valence-electron chi connectivity index (χ4n) is 1.24.